The summed E-state index contributed by atoms with van der Waals surface area (Å²) in [5.74, 6) is -2.99. The average Bonchev–Trinajstić information content (AvgIpc) is 2.71. The van der Waals surface area contributed by atoms with E-state index in [1.165, 1.54) is 18.2 Å². The number of phenols is 1. The number of hydrogen-bond acceptors (Lipinski definition) is 4. The normalized spacial score (nSPS) is 11.8. The lowest BCUT2D eigenvalue weighted by atomic mass is 9.98. The van der Waals surface area contributed by atoms with Crippen LogP contribution < -0.4 is 10.0 Å². The Balaban J connectivity index is 2.02. The molecule has 0 aliphatic rings. The van der Waals surface area contributed by atoms with Crippen LogP contribution in [0.5, 0.6) is 5.75 Å². The molecule has 0 heterocycles. The Labute approximate surface area is 184 Å². The van der Waals surface area contributed by atoms with Crippen LogP contribution in [0.25, 0.3) is 11.1 Å². The summed E-state index contributed by atoms with van der Waals surface area (Å²) in [4.78, 5) is 10.5. The van der Waals surface area contributed by atoms with Crippen molar-refractivity contribution in [2.24, 2.45) is 0 Å². The molecule has 3 aromatic carbocycles. The van der Waals surface area contributed by atoms with Crippen LogP contribution in [0.4, 0.5) is 18.9 Å². The number of hydrogen-bond donors (Lipinski definition) is 3. The molecule has 0 spiro atoms. The summed E-state index contributed by atoms with van der Waals surface area (Å²) < 4.78 is 57.7. The Hall–Kier alpha value is -2.88. The fraction of sp³-hybridized carbons (Fsp3) is 0.0952. The lowest BCUT2D eigenvalue weighted by molar-refractivity contribution is -0.109. The summed E-state index contributed by atoms with van der Waals surface area (Å²) in [6.07, 6.45) is 0.408. The molecular weight excluding hydrogens is 453 g/mol. The van der Waals surface area contributed by atoms with Crippen molar-refractivity contribution in [1.29, 1.82) is 0 Å². The summed E-state index contributed by atoms with van der Waals surface area (Å²) in [5.41, 5.74) is 0.670. The molecule has 0 aromatic heterocycles. The molecule has 0 fully saturated rings. The molecule has 162 valence electrons. The third kappa shape index (κ3) is 5.07. The third-order valence-corrected chi connectivity index (χ3v) is 5.77. The summed E-state index contributed by atoms with van der Waals surface area (Å²) in [7, 11) is 0. The second-order valence-corrected chi connectivity index (χ2v) is 8.17. The molecule has 10 heteroatoms. The summed E-state index contributed by atoms with van der Waals surface area (Å²) >= 11 is 3.77. The number of aryl methyl sites for hydroxylation is 1. The third-order valence-electron chi connectivity index (χ3n) is 4.37. The van der Waals surface area contributed by atoms with Crippen molar-refractivity contribution in [1.82, 2.24) is 5.32 Å². The zero-order chi connectivity index (χ0) is 22.7. The maximum Gasteiger partial charge on any atom is 0.223 e. The Bertz CT molecular complexity index is 1150. The largest absolute Gasteiger partial charge is 0.588 e. The number of nitrogens with one attached hydrogen (secondary N) is 2. The van der Waals surface area contributed by atoms with Crippen LogP contribution in [0.15, 0.2) is 47.4 Å². The van der Waals surface area contributed by atoms with Crippen LogP contribution in [-0.2, 0) is 22.7 Å². The van der Waals surface area contributed by atoms with Crippen LogP contribution in [0.2, 0.25) is 5.02 Å². The highest BCUT2D eigenvalue weighted by molar-refractivity contribution is 7.92. The number of amides is 1. The van der Waals surface area contributed by atoms with Crippen LogP contribution in [-0.4, -0.2) is 16.1 Å². The predicted octanol–water partition coefficient (Wildman–Crippen LogP) is 4.82. The Morgan fingerprint density at radius 2 is 1.84 bits per heavy atom. The lowest BCUT2D eigenvalue weighted by Crippen LogP contribution is -2.15. The van der Waals surface area contributed by atoms with Gasteiger partial charge in [0.05, 0.1) is 5.02 Å². The van der Waals surface area contributed by atoms with Crippen LogP contribution in [0, 0.1) is 24.4 Å². The molecule has 0 aliphatic carbocycles. The van der Waals surface area contributed by atoms with Gasteiger partial charge >= 0.3 is 0 Å². The predicted molar refractivity (Wildman–Crippen MR) is 113 cm³/mol. The van der Waals surface area contributed by atoms with E-state index in [1.807, 2.05) is 0 Å². The molecule has 3 rings (SSSR count). The average molecular weight is 469 g/mol. The molecule has 1 unspecified atom stereocenters. The molecule has 1 amide bonds. The SMILES string of the molecule is Cc1cc(Cl)c(O)c([S+]([O-])Nc2cc(-c3ccc(F)cc3CNC=O)c(F)cc2F)c1. The number of phenolic OH excluding ortho intramolecular Hbond substituents is 1. The Kier molecular flexibility index (Phi) is 6.99. The first-order valence-electron chi connectivity index (χ1n) is 8.83. The topological polar surface area (TPSA) is 84.4 Å². The summed E-state index contributed by atoms with van der Waals surface area (Å²) in [6.45, 7) is 1.59. The van der Waals surface area contributed by atoms with Gasteiger partial charge in [-0.3, -0.25) is 4.79 Å². The van der Waals surface area contributed by atoms with E-state index in [0.29, 0.717) is 18.0 Å². The van der Waals surface area contributed by atoms with Gasteiger partial charge in [0.15, 0.2) is 11.6 Å². The number of anilines is 1. The van der Waals surface area contributed by atoms with Gasteiger partial charge < -0.3 is 15.0 Å². The number of benzene rings is 3. The van der Waals surface area contributed by atoms with E-state index < -0.39 is 34.6 Å². The Morgan fingerprint density at radius 3 is 2.55 bits per heavy atom. The highest BCUT2D eigenvalue weighted by Crippen LogP contribution is 2.35. The highest BCUT2D eigenvalue weighted by atomic mass is 35.5. The van der Waals surface area contributed by atoms with Crippen molar-refractivity contribution < 1.29 is 27.6 Å². The fourth-order valence-corrected chi connectivity index (χ4v) is 4.33. The second-order valence-electron chi connectivity index (χ2n) is 6.58. The van der Waals surface area contributed by atoms with Crippen molar-refractivity contribution >= 4 is 35.1 Å². The van der Waals surface area contributed by atoms with Gasteiger partial charge in [-0.2, -0.15) is 0 Å². The molecule has 0 aliphatic heterocycles. The molecule has 5 nitrogen and oxygen atoms in total. The van der Waals surface area contributed by atoms with Gasteiger partial charge in [0.1, 0.15) is 28.7 Å². The number of carbonyl (C=O) groups is 1. The van der Waals surface area contributed by atoms with Crippen molar-refractivity contribution in [2.45, 2.75) is 18.4 Å². The van der Waals surface area contributed by atoms with Crippen LogP contribution in [0.1, 0.15) is 11.1 Å². The second kappa shape index (κ2) is 9.51. The van der Waals surface area contributed by atoms with Crippen molar-refractivity contribution in [3.63, 3.8) is 0 Å². The Morgan fingerprint density at radius 1 is 1.10 bits per heavy atom. The lowest BCUT2D eigenvalue weighted by Gasteiger charge is -2.16. The standard InChI is InChI=1S/C21H16ClF3N2O3S/c1-11-4-16(22)21(29)20(5-11)31(30)27-19-7-15(17(24)8-18(19)25)14-3-2-13(23)6-12(14)9-26-10-28/h2-8,10,27,29H,9H2,1H3,(H,26,28). The number of rotatable bonds is 7. The maximum atomic E-state index is 14.6. The highest BCUT2D eigenvalue weighted by Gasteiger charge is 2.23. The quantitative estimate of drug-likeness (QED) is 0.343. The molecule has 1 atom stereocenters. The minimum absolute atomic E-state index is 0.0240. The molecule has 0 saturated heterocycles. The van der Waals surface area contributed by atoms with Gasteiger partial charge in [0.2, 0.25) is 11.3 Å². The fourth-order valence-electron chi connectivity index (χ4n) is 2.96. The van der Waals surface area contributed by atoms with E-state index >= 15 is 0 Å². The van der Waals surface area contributed by atoms with Crippen molar-refractivity contribution in [3.05, 3.63) is 76.1 Å². The maximum absolute atomic E-state index is 14.6. The first kappa shape index (κ1) is 22.8. The van der Waals surface area contributed by atoms with E-state index in [9.17, 15) is 27.6 Å². The zero-order valence-corrected chi connectivity index (χ0v) is 17.6. The van der Waals surface area contributed by atoms with Gasteiger partial charge in [0.25, 0.3) is 0 Å². The molecule has 0 saturated carbocycles. The molecule has 3 N–H and O–H groups in total. The van der Waals surface area contributed by atoms with Gasteiger partial charge in [-0.1, -0.05) is 17.7 Å². The van der Waals surface area contributed by atoms with E-state index in [-0.39, 0.29) is 38.8 Å². The van der Waals surface area contributed by atoms with Crippen LogP contribution >= 0.6 is 11.6 Å². The zero-order valence-electron chi connectivity index (χ0n) is 16.0. The summed E-state index contributed by atoms with van der Waals surface area (Å²) in [6, 6.07) is 8.06. The van der Waals surface area contributed by atoms with E-state index in [0.717, 1.165) is 18.2 Å². The van der Waals surface area contributed by atoms with Crippen molar-refractivity contribution in [3.8, 4) is 16.9 Å². The molecule has 0 radical (unpaired) electrons. The van der Waals surface area contributed by atoms with Gasteiger partial charge in [-0.25, -0.2) is 17.9 Å². The minimum atomic E-state index is -2.13. The molecule has 3 aromatic rings. The number of aromatic hydroxyl groups is 1. The molecular formula is C21H16ClF3N2O3S. The van der Waals surface area contributed by atoms with E-state index in [4.69, 9.17) is 11.6 Å². The molecule has 31 heavy (non-hydrogen) atoms. The van der Waals surface area contributed by atoms with Gasteiger partial charge in [-0.05, 0) is 47.9 Å². The minimum Gasteiger partial charge on any atom is -0.588 e. The molecule has 0 bridgehead atoms. The van der Waals surface area contributed by atoms with Crippen LogP contribution in [0.3, 0.4) is 0 Å². The monoisotopic (exact) mass is 468 g/mol. The number of carbonyl (C=O) groups excluding carboxylic acids is 1. The van der Waals surface area contributed by atoms with Gasteiger partial charge in [0, 0.05) is 24.2 Å². The number of halogens is 4. The first-order valence-corrected chi connectivity index (χ1v) is 10.4. The van der Waals surface area contributed by atoms with E-state index in [1.54, 1.807) is 6.92 Å². The van der Waals surface area contributed by atoms with E-state index in [2.05, 4.69) is 10.0 Å². The summed E-state index contributed by atoms with van der Waals surface area (Å²) in [5, 5.41) is 12.4. The van der Waals surface area contributed by atoms with Gasteiger partial charge in [-0.15, -0.1) is 0 Å². The first-order chi connectivity index (χ1) is 14.7. The smallest absolute Gasteiger partial charge is 0.223 e. The van der Waals surface area contributed by atoms with Crippen molar-refractivity contribution in [2.75, 3.05) is 4.72 Å².